The Morgan fingerprint density at radius 2 is 2.06 bits per heavy atom. The van der Waals surface area contributed by atoms with Gasteiger partial charge in [0.1, 0.15) is 5.75 Å². The van der Waals surface area contributed by atoms with Crippen molar-refractivity contribution >= 4 is 17.5 Å². The zero-order valence-corrected chi connectivity index (χ0v) is 19.2. The summed E-state index contributed by atoms with van der Waals surface area (Å²) in [5, 5.41) is 5.70. The van der Waals surface area contributed by atoms with Crippen molar-refractivity contribution in [2.24, 2.45) is 11.3 Å². The van der Waals surface area contributed by atoms with Crippen LogP contribution in [0.5, 0.6) is 5.75 Å². The number of nitrogens with zero attached hydrogens (tertiary/aromatic N) is 2. The second-order valence-corrected chi connectivity index (χ2v) is 9.82. The molecule has 2 amide bonds. The number of nitrogens with one attached hydrogen (secondary N) is 2. The van der Waals surface area contributed by atoms with Gasteiger partial charge in [-0.3, -0.25) is 19.5 Å². The number of rotatable bonds is 7. The Morgan fingerprint density at radius 1 is 1.23 bits per heavy atom. The molecular formula is C25H27F3N4O3. The minimum absolute atomic E-state index is 0.00664. The van der Waals surface area contributed by atoms with Crippen molar-refractivity contribution in [3.63, 3.8) is 0 Å². The van der Waals surface area contributed by atoms with Crippen molar-refractivity contribution in [1.82, 2.24) is 15.2 Å². The molecule has 2 aliphatic heterocycles. The lowest BCUT2D eigenvalue weighted by molar-refractivity contribution is -0.137. The predicted octanol–water partition coefficient (Wildman–Crippen LogP) is 3.74. The summed E-state index contributed by atoms with van der Waals surface area (Å²) in [6.07, 6.45) is 1.35. The number of anilines is 1. The van der Waals surface area contributed by atoms with Gasteiger partial charge < -0.3 is 15.4 Å². The number of pyridine rings is 1. The van der Waals surface area contributed by atoms with Gasteiger partial charge in [-0.2, -0.15) is 13.2 Å². The maximum Gasteiger partial charge on any atom is 0.417 e. The first-order valence-electron chi connectivity index (χ1n) is 11.8. The number of ether oxygens (including phenoxy) is 1. The third kappa shape index (κ3) is 5.42. The van der Waals surface area contributed by atoms with Gasteiger partial charge in [-0.1, -0.05) is 18.9 Å². The maximum absolute atomic E-state index is 13.4. The SMILES string of the molecule is O=C1COc2ccc(CN3CCC(CC4CC4)(C(=O)NCc4cncc(C(F)(F)F)c4)C3)cc2N1. The van der Waals surface area contributed by atoms with Crippen LogP contribution in [0.4, 0.5) is 18.9 Å². The zero-order chi connectivity index (χ0) is 24.6. The fourth-order valence-electron chi connectivity index (χ4n) is 5.01. The van der Waals surface area contributed by atoms with Gasteiger partial charge in [0, 0.05) is 32.0 Å². The Bertz CT molecular complexity index is 1140. The first kappa shape index (κ1) is 23.6. The van der Waals surface area contributed by atoms with Gasteiger partial charge in [-0.25, -0.2) is 0 Å². The number of carbonyl (C=O) groups is 2. The number of fused-ring (bicyclic) bond motifs is 1. The quantitative estimate of drug-likeness (QED) is 0.621. The van der Waals surface area contributed by atoms with Gasteiger partial charge >= 0.3 is 6.18 Å². The minimum Gasteiger partial charge on any atom is -0.482 e. The average Bonchev–Trinajstić information content (AvgIpc) is 3.54. The molecule has 186 valence electrons. The molecule has 0 radical (unpaired) electrons. The van der Waals surface area contributed by atoms with Crippen molar-refractivity contribution in [3.8, 4) is 5.75 Å². The van der Waals surface area contributed by atoms with E-state index in [2.05, 4.69) is 20.5 Å². The Hall–Kier alpha value is -3.14. The molecule has 1 aromatic carbocycles. The van der Waals surface area contributed by atoms with Crippen LogP contribution in [0, 0.1) is 11.3 Å². The third-order valence-corrected chi connectivity index (χ3v) is 6.95. The average molecular weight is 489 g/mol. The van der Waals surface area contributed by atoms with Gasteiger partial charge in [0.15, 0.2) is 6.61 Å². The molecular weight excluding hydrogens is 461 g/mol. The molecule has 1 unspecified atom stereocenters. The first-order valence-corrected chi connectivity index (χ1v) is 11.8. The van der Waals surface area contributed by atoms with E-state index in [9.17, 15) is 22.8 Å². The van der Waals surface area contributed by atoms with E-state index in [0.717, 1.165) is 43.6 Å². The van der Waals surface area contributed by atoms with E-state index in [1.54, 1.807) is 0 Å². The summed E-state index contributed by atoms with van der Waals surface area (Å²) < 4.78 is 44.4. The van der Waals surface area contributed by atoms with Crippen LogP contribution in [0.2, 0.25) is 0 Å². The van der Waals surface area contributed by atoms with Gasteiger partial charge in [0.2, 0.25) is 5.91 Å². The maximum atomic E-state index is 13.4. The van der Waals surface area contributed by atoms with Gasteiger partial charge in [-0.15, -0.1) is 0 Å². The first-order chi connectivity index (χ1) is 16.7. The van der Waals surface area contributed by atoms with Crippen LogP contribution in [0.15, 0.2) is 36.7 Å². The monoisotopic (exact) mass is 488 g/mol. The Morgan fingerprint density at radius 3 is 2.83 bits per heavy atom. The fraction of sp³-hybridized carbons (Fsp3) is 0.480. The molecule has 3 aliphatic rings. The summed E-state index contributed by atoms with van der Waals surface area (Å²) in [6.45, 7) is 1.96. The van der Waals surface area contributed by atoms with Crippen LogP contribution >= 0.6 is 0 Å². The van der Waals surface area contributed by atoms with Crippen LogP contribution in [-0.4, -0.2) is 41.4 Å². The van der Waals surface area contributed by atoms with E-state index in [4.69, 9.17) is 4.74 Å². The molecule has 2 aromatic rings. The molecule has 0 bridgehead atoms. The summed E-state index contributed by atoms with van der Waals surface area (Å²) in [7, 11) is 0. The van der Waals surface area contributed by atoms with Crippen molar-refractivity contribution < 1.29 is 27.5 Å². The summed E-state index contributed by atoms with van der Waals surface area (Å²) in [5.74, 6) is 0.857. The number of hydrogen-bond donors (Lipinski definition) is 2. The molecule has 35 heavy (non-hydrogen) atoms. The third-order valence-electron chi connectivity index (χ3n) is 6.95. The predicted molar refractivity (Wildman–Crippen MR) is 121 cm³/mol. The molecule has 10 heteroatoms. The molecule has 1 atom stereocenters. The standard InChI is InChI=1S/C25H27F3N4O3/c26-25(27,28)19-7-18(10-29-12-19)11-30-23(34)24(9-16-1-2-16)5-6-32(15-24)13-17-3-4-21-20(8-17)31-22(33)14-35-21/h3-4,7-8,10,12,16H,1-2,5-6,9,11,13-15H2,(H,30,34)(H,31,33). The summed E-state index contributed by atoms with van der Waals surface area (Å²) >= 11 is 0. The van der Waals surface area contributed by atoms with E-state index in [-0.39, 0.29) is 25.0 Å². The number of amides is 2. The van der Waals surface area contributed by atoms with Gasteiger partial charge in [0.25, 0.3) is 5.91 Å². The lowest BCUT2D eigenvalue weighted by Crippen LogP contribution is -2.43. The molecule has 1 aliphatic carbocycles. The molecule has 0 spiro atoms. The van der Waals surface area contributed by atoms with Crippen LogP contribution in [0.3, 0.4) is 0 Å². The Labute approximate surface area is 201 Å². The Kier molecular flexibility index (Phi) is 6.16. The number of alkyl halides is 3. The highest BCUT2D eigenvalue weighted by molar-refractivity contribution is 5.95. The number of hydrogen-bond acceptors (Lipinski definition) is 5. The Balaban J connectivity index is 1.25. The highest BCUT2D eigenvalue weighted by Crippen LogP contribution is 2.45. The molecule has 1 aromatic heterocycles. The van der Waals surface area contributed by atoms with E-state index in [1.165, 1.54) is 6.20 Å². The smallest absolute Gasteiger partial charge is 0.417 e. The number of aromatic nitrogens is 1. The topological polar surface area (TPSA) is 83.6 Å². The highest BCUT2D eigenvalue weighted by Gasteiger charge is 2.47. The second-order valence-electron chi connectivity index (χ2n) is 9.82. The van der Waals surface area contributed by atoms with E-state index < -0.39 is 17.2 Å². The second kappa shape index (κ2) is 9.14. The van der Waals surface area contributed by atoms with Crippen molar-refractivity contribution in [1.29, 1.82) is 0 Å². The molecule has 5 rings (SSSR count). The van der Waals surface area contributed by atoms with Crippen LogP contribution < -0.4 is 15.4 Å². The highest BCUT2D eigenvalue weighted by atomic mass is 19.4. The summed E-state index contributed by atoms with van der Waals surface area (Å²) in [6, 6.07) is 6.72. The lowest BCUT2D eigenvalue weighted by Gasteiger charge is -2.29. The minimum atomic E-state index is -4.47. The van der Waals surface area contributed by atoms with Crippen LogP contribution in [0.25, 0.3) is 0 Å². The molecule has 2 N–H and O–H groups in total. The number of carbonyl (C=O) groups excluding carboxylic acids is 2. The van der Waals surface area contributed by atoms with Crippen molar-refractivity contribution in [2.45, 2.75) is 44.9 Å². The molecule has 3 heterocycles. The number of likely N-dealkylation sites (tertiary alicyclic amines) is 1. The largest absolute Gasteiger partial charge is 0.482 e. The molecule has 2 fully saturated rings. The summed E-state index contributed by atoms with van der Waals surface area (Å²) in [4.78, 5) is 30.9. The van der Waals surface area contributed by atoms with E-state index >= 15 is 0 Å². The summed E-state index contributed by atoms with van der Waals surface area (Å²) in [5.41, 5.74) is 0.585. The van der Waals surface area contributed by atoms with Gasteiger partial charge in [0.05, 0.1) is 16.7 Å². The molecule has 1 saturated heterocycles. The van der Waals surface area contributed by atoms with Crippen molar-refractivity contribution in [3.05, 3.63) is 53.3 Å². The normalized spacial score (nSPS) is 22.3. The fourth-order valence-corrected chi connectivity index (χ4v) is 5.01. The lowest BCUT2D eigenvalue weighted by atomic mass is 9.80. The van der Waals surface area contributed by atoms with E-state index in [0.29, 0.717) is 42.4 Å². The zero-order valence-electron chi connectivity index (χ0n) is 19.2. The molecule has 7 nitrogen and oxygen atoms in total. The van der Waals surface area contributed by atoms with Crippen LogP contribution in [-0.2, 0) is 28.9 Å². The number of halogens is 3. The van der Waals surface area contributed by atoms with Crippen LogP contribution in [0.1, 0.15) is 42.4 Å². The van der Waals surface area contributed by atoms with E-state index in [1.807, 2.05) is 18.2 Å². The van der Waals surface area contributed by atoms with Gasteiger partial charge in [-0.05, 0) is 54.6 Å². The van der Waals surface area contributed by atoms with Crippen molar-refractivity contribution in [2.75, 3.05) is 25.0 Å². The number of benzene rings is 1. The molecule has 1 saturated carbocycles.